The normalized spacial score (nSPS) is 10.3. The molecule has 2 aromatic rings. The van der Waals surface area contributed by atoms with Gasteiger partial charge in [0.1, 0.15) is 0 Å². The lowest BCUT2D eigenvalue weighted by Gasteiger charge is -2.09. The lowest BCUT2D eigenvalue weighted by molar-refractivity contribution is -0.124. The first-order valence-corrected chi connectivity index (χ1v) is 8.07. The van der Waals surface area contributed by atoms with Gasteiger partial charge in [0, 0.05) is 16.6 Å². The second-order valence-electron chi connectivity index (χ2n) is 5.46. The molecule has 6 heteroatoms. The van der Waals surface area contributed by atoms with E-state index in [9.17, 15) is 9.59 Å². The fraction of sp³-hybridized carbons (Fsp3) is 0.222. The summed E-state index contributed by atoms with van der Waals surface area (Å²) in [7, 11) is 0. The van der Waals surface area contributed by atoms with Crippen LogP contribution in [0.3, 0.4) is 0 Å². The van der Waals surface area contributed by atoms with Crippen molar-refractivity contribution in [3.8, 4) is 0 Å². The van der Waals surface area contributed by atoms with Crippen molar-refractivity contribution in [2.45, 2.75) is 20.4 Å². The summed E-state index contributed by atoms with van der Waals surface area (Å²) in [6.45, 7) is 3.67. The topological polar surface area (TPSA) is 55.4 Å². The van der Waals surface area contributed by atoms with Gasteiger partial charge in [-0.05, 0) is 43.7 Å². The minimum absolute atomic E-state index is 0.232. The number of hydrogen-bond donors (Lipinski definition) is 1. The maximum atomic E-state index is 12.0. The quantitative estimate of drug-likeness (QED) is 0.812. The van der Waals surface area contributed by atoms with Crippen LogP contribution in [0.1, 0.15) is 27.0 Å². The van der Waals surface area contributed by atoms with Crippen molar-refractivity contribution in [3.05, 3.63) is 68.7 Å². The lowest BCUT2D eigenvalue weighted by Crippen LogP contribution is -2.28. The van der Waals surface area contributed by atoms with Gasteiger partial charge in [0.15, 0.2) is 6.61 Å². The second-order valence-corrected chi connectivity index (χ2v) is 6.31. The minimum Gasteiger partial charge on any atom is -0.452 e. The van der Waals surface area contributed by atoms with Crippen LogP contribution in [0.5, 0.6) is 0 Å². The minimum atomic E-state index is -0.526. The smallest absolute Gasteiger partial charge is 0.338 e. The molecule has 0 aliphatic heterocycles. The monoisotopic (exact) mass is 365 g/mol. The van der Waals surface area contributed by atoms with Crippen molar-refractivity contribution in [1.29, 1.82) is 0 Å². The molecule has 0 aliphatic rings. The van der Waals surface area contributed by atoms with Crippen molar-refractivity contribution in [2.24, 2.45) is 0 Å². The number of ether oxygens (including phenoxy) is 1. The van der Waals surface area contributed by atoms with E-state index < -0.39 is 11.9 Å². The number of halogens is 2. The molecule has 0 fully saturated rings. The van der Waals surface area contributed by atoms with Gasteiger partial charge in [-0.3, -0.25) is 4.79 Å². The van der Waals surface area contributed by atoms with E-state index in [1.54, 1.807) is 30.3 Å². The molecule has 2 rings (SSSR count). The van der Waals surface area contributed by atoms with Crippen LogP contribution in [0.4, 0.5) is 0 Å². The molecule has 0 aromatic heterocycles. The highest BCUT2D eigenvalue weighted by Gasteiger charge is 2.11. The number of aryl methyl sites for hydroxylation is 2. The zero-order chi connectivity index (χ0) is 17.7. The van der Waals surface area contributed by atoms with Crippen LogP contribution in [0.25, 0.3) is 0 Å². The van der Waals surface area contributed by atoms with Gasteiger partial charge < -0.3 is 10.1 Å². The van der Waals surface area contributed by atoms with Gasteiger partial charge in [-0.15, -0.1) is 0 Å². The summed E-state index contributed by atoms with van der Waals surface area (Å²) < 4.78 is 5.03. The maximum absolute atomic E-state index is 12.0. The van der Waals surface area contributed by atoms with E-state index in [1.807, 2.05) is 19.9 Å². The molecule has 0 radical (unpaired) electrons. The first kappa shape index (κ1) is 18.3. The number of esters is 1. The van der Waals surface area contributed by atoms with Crippen molar-refractivity contribution >= 4 is 35.1 Å². The average Bonchev–Trinajstić information content (AvgIpc) is 2.50. The van der Waals surface area contributed by atoms with E-state index in [1.165, 1.54) is 0 Å². The molecule has 24 heavy (non-hydrogen) atoms. The summed E-state index contributed by atoms with van der Waals surface area (Å²) in [6.07, 6.45) is 0. The van der Waals surface area contributed by atoms with Crippen LogP contribution in [-0.2, 0) is 16.1 Å². The highest BCUT2D eigenvalue weighted by Crippen LogP contribution is 2.20. The summed E-state index contributed by atoms with van der Waals surface area (Å²) in [5, 5.41) is 3.64. The molecule has 4 nitrogen and oxygen atoms in total. The zero-order valence-electron chi connectivity index (χ0n) is 13.4. The standard InChI is InChI=1S/C18H17Cl2NO3/c1-11-5-12(2)7-14(6-11)18(23)24-10-17(22)21-9-13-3-4-15(19)8-16(13)20/h3-8H,9-10H2,1-2H3,(H,21,22). The molecular weight excluding hydrogens is 349 g/mol. The van der Waals surface area contributed by atoms with Gasteiger partial charge in [-0.1, -0.05) is 46.5 Å². The third-order valence-electron chi connectivity index (χ3n) is 3.28. The summed E-state index contributed by atoms with van der Waals surface area (Å²) in [5.41, 5.74) is 3.09. The molecule has 126 valence electrons. The van der Waals surface area contributed by atoms with E-state index in [4.69, 9.17) is 27.9 Å². The Hall–Kier alpha value is -2.04. The van der Waals surface area contributed by atoms with Gasteiger partial charge in [0.25, 0.3) is 5.91 Å². The third-order valence-corrected chi connectivity index (χ3v) is 3.87. The summed E-state index contributed by atoms with van der Waals surface area (Å²) in [6, 6.07) is 10.4. The average molecular weight is 366 g/mol. The Bertz CT molecular complexity index is 755. The number of benzene rings is 2. The Morgan fingerprint density at radius 3 is 2.33 bits per heavy atom. The Morgan fingerprint density at radius 2 is 1.71 bits per heavy atom. The largest absolute Gasteiger partial charge is 0.452 e. The van der Waals surface area contributed by atoms with E-state index in [0.29, 0.717) is 15.6 Å². The molecule has 2 aromatic carbocycles. The Morgan fingerprint density at radius 1 is 1.04 bits per heavy atom. The molecule has 0 spiro atoms. The number of carbonyl (C=O) groups is 2. The van der Waals surface area contributed by atoms with Crippen LogP contribution in [0, 0.1) is 13.8 Å². The number of carbonyl (C=O) groups excluding carboxylic acids is 2. The van der Waals surface area contributed by atoms with E-state index >= 15 is 0 Å². The summed E-state index contributed by atoms with van der Waals surface area (Å²) in [5.74, 6) is -0.930. The predicted molar refractivity (Wildman–Crippen MR) is 94.5 cm³/mol. The first-order valence-electron chi connectivity index (χ1n) is 7.31. The summed E-state index contributed by atoms with van der Waals surface area (Å²) in [4.78, 5) is 23.8. The number of amides is 1. The first-order chi connectivity index (χ1) is 11.3. The molecule has 0 unspecified atom stereocenters. The summed E-state index contributed by atoms with van der Waals surface area (Å²) >= 11 is 11.8. The molecule has 1 N–H and O–H groups in total. The van der Waals surface area contributed by atoms with E-state index in [0.717, 1.165) is 16.7 Å². The van der Waals surface area contributed by atoms with Crippen molar-refractivity contribution < 1.29 is 14.3 Å². The highest BCUT2D eigenvalue weighted by molar-refractivity contribution is 6.35. The molecule has 0 atom stereocenters. The van der Waals surface area contributed by atoms with Crippen molar-refractivity contribution in [2.75, 3.05) is 6.61 Å². The van der Waals surface area contributed by atoms with Crippen molar-refractivity contribution in [1.82, 2.24) is 5.32 Å². The molecule has 0 bridgehead atoms. The third kappa shape index (κ3) is 5.25. The zero-order valence-corrected chi connectivity index (χ0v) is 14.9. The van der Waals surface area contributed by atoms with Crippen LogP contribution < -0.4 is 5.32 Å². The Balaban J connectivity index is 1.85. The van der Waals surface area contributed by atoms with Gasteiger partial charge in [0.2, 0.25) is 0 Å². The number of nitrogens with one attached hydrogen (secondary N) is 1. The fourth-order valence-electron chi connectivity index (χ4n) is 2.22. The van der Waals surface area contributed by atoms with Crippen LogP contribution in [0.2, 0.25) is 10.0 Å². The Labute approximate surface area is 150 Å². The molecule has 0 saturated carbocycles. The fourth-order valence-corrected chi connectivity index (χ4v) is 2.69. The van der Waals surface area contributed by atoms with Gasteiger partial charge >= 0.3 is 5.97 Å². The Kier molecular flexibility index (Phi) is 6.23. The second kappa shape index (κ2) is 8.18. The van der Waals surface area contributed by atoms with Crippen molar-refractivity contribution in [3.63, 3.8) is 0 Å². The van der Waals surface area contributed by atoms with Crippen LogP contribution in [0.15, 0.2) is 36.4 Å². The van der Waals surface area contributed by atoms with Gasteiger partial charge in [0.05, 0.1) is 5.56 Å². The lowest BCUT2D eigenvalue weighted by atomic mass is 10.1. The molecular formula is C18H17Cl2NO3. The molecule has 0 aliphatic carbocycles. The van der Waals surface area contributed by atoms with Crippen LogP contribution >= 0.6 is 23.2 Å². The van der Waals surface area contributed by atoms with Crippen LogP contribution in [-0.4, -0.2) is 18.5 Å². The highest BCUT2D eigenvalue weighted by atomic mass is 35.5. The van der Waals surface area contributed by atoms with E-state index in [2.05, 4.69) is 5.32 Å². The number of hydrogen-bond acceptors (Lipinski definition) is 3. The number of rotatable bonds is 5. The molecule has 1 amide bonds. The van der Waals surface area contributed by atoms with Gasteiger partial charge in [-0.2, -0.15) is 0 Å². The predicted octanol–water partition coefficient (Wildman–Crippen LogP) is 4.08. The van der Waals surface area contributed by atoms with Gasteiger partial charge in [-0.25, -0.2) is 4.79 Å². The van der Waals surface area contributed by atoms with E-state index in [-0.39, 0.29) is 13.2 Å². The maximum Gasteiger partial charge on any atom is 0.338 e. The SMILES string of the molecule is Cc1cc(C)cc(C(=O)OCC(=O)NCc2ccc(Cl)cc2Cl)c1. The molecule has 0 saturated heterocycles. The molecule has 0 heterocycles.